The van der Waals surface area contributed by atoms with Crippen LogP contribution < -0.4 is 5.73 Å². The second-order valence-electron chi connectivity index (χ2n) is 2.68. The SMILES string of the molecule is NCC=Cc1ccc(C(=O)O)cc1Cl. The fraction of sp³-hybridized carbons (Fsp3) is 0.100. The summed E-state index contributed by atoms with van der Waals surface area (Å²) in [5, 5.41) is 9.09. The summed E-state index contributed by atoms with van der Waals surface area (Å²) in [6.45, 7) is 0.428. The summed E-state index contributed by atoms with van der Waals surface area (Å²) in [6.07, 6.45) is 3.51. The van der Waals surface area contributed by atoms with Crippen LogP contribution in [0.2, 0.25) is 5.02 Å². The zero-order chi connectivity index (χ0) is 10.6. The van der Waals surface area contributed by atoms with Crippen molar-refractivity contribution in [3.05, 3.63) is 40.4 Å². The third-order valence-electron chi connectivity index (χ3n) is 1.68. The lowest BCUT2D eigenvalue weighted by Gasteiger charge is -1.99. The molecule has 3 nitrogen and oxygen atoms in total. The molecule has 0 bridgehead atoms. The number of aromatic carboxylic acids is 1. The Morgan fingerprint density at radius 3 is 2.79 bits per heavy atom. The van der Waals surface area contributed by atoms with Crippen molar-refractivity contribution in [3.8, 4) is 0 Å². The normalized spacial score (nSPS) is 10.7. The number of hydrogen-bond donors (Lipinski definition) is 2. The minimum absolute atomic E-state index is 0.180. The number of rotatable bonds is 3. The Hall–Kier alpha value is -1.32. The molecule has 0 unspecified atom stereocenters. The van der Waals surface area contributed by atoms with Gasteiger partial charge in [0, 0.05) is 11.6 Å². The number of carbonyl (C=O) groups is 1. The van der Waals surface area contributed by atoms with E-state index in [1.165, 1.54) is 12.1 Å². The highest BCUT2D eigenvalue weighted by molar-refractivity contribution is 6.32. The van der Waals surface area contributed by atoms with Crippen molar-refractivity contribution in [2.45, 2.75) is 0 Å². The van der Waals surface area contributed by atoms with Gasteiger partial charge in [-0.1, -0.05) is 29.8 Å². The van der Waals surface area contributed by atoms with Crippen LogP contribution in [0.3, 0.4) is 0 Å². The van der Waals surface area contributed by atoms with Gasteiger partial charge in [-0.05, 0) is 17.7 Å². The first-order valence-corrected chi connectivity index (χ1v) is 4.42. The van der Waals surface area contributed by atoms with E-state index in [4.69, 9.17) is 22.4 Å². The van der Waals surface area contributed by atoms with Crippen molar-refractivity contribution >= 4 is 23.6 Å². The van der Waals surface area contributed by atoms with Crippen LogP contribution in [0.15, 0.2) is 24.3 Å². The third-order valence-corrected chi connectivity index (χ3v) is 2.01. The Morgan fingerprint density at radius 2 is 2.29 bits per heavy atom. The predicted octanol–water partition coefficient (Wildman–Crippen LogP) is 2.01. The van der Waals surface area contributed by atoms with Gasteiger partial charge in [-0.15, -0.1) is 0 Å². The summed E-state index contributed by atoms with van der Waals surface area (Å²) < 4.78 is 0. The standard InChI is InChI=1S/C10H10ClNO2/c11-9-6-8(10(13)14)4-3-7(9)2-1-5-12/h1-4,6H,5,12H2,(H,13,14). The van der Waals surface area contributed by atoms with Crippen molar-refractivity contribution < 1.29 is 9.90 Å². The Labute approximate surface area is 86.8 Å². The van der Waals surface area contributed by atoms with Crippen LogP contribution in [-0.4, -0.2) is 17.6 Å². The van der Waals surface area contributed by atoms with Crippen LogP contribution in [0.1, 0.15) is 15.9 Å². The maximum Gasteiger partial charge on any atom is 0.335 e. The van der Waals surface area contributed by atoms with E-state index in [0.717, 1.165) is 5.56 Å². The van der Waals surface area contributed by atoms with Crippen LogP contribution in [-0.2, 0) is 0 Å². The zero-order valence-electron chi connectivity index (χ0n) is 7.40. The maximum atomic E-state index is 10.6. The first-order chi connectivity index (χ1) is 6.65. The van der Waals surface area contributed by atoms with Crippen LogP contribution in [0, 0.1) is 0 Å². The first-order valence-electron chi connectivity index (χ1n) is 4.04. The summed E-state index contributed by atoms with van der Waals surface area (Å²) in [5.41, 5.74) is 6.23. The molecule has 0 amide bonds. The molecule has 1 aromatic rings. The second kappa shape index (κ2) is 4.79. The van der Waals surface area contributed by atoms with Crippen molar-refractivity contribution in [3.63, 3.8) is 0 Å². The molecule has 0 aliphatic heterocycles. The van der Waals surface area contributed by atoms with Crippen molar-refractivity contribution in [1.29, 1.82) is 0 Å². The number of halogens is 1. The molecule has 0 saturated carbocycles. The fourth-order valence-corrected chi connectivity index (χ4v) is 1.23. The fourth-order valence-electron chi connectivity index (χ4n) is 0.990. The van der Waals surface area contributed by atoms with Gasteiger partial charge in [0.1, 0.15) is 0 Å². The summed E-state index contributed by atoms with van der Waals surface area (Å²) >= 11 is 5.85. The smallest absolute Gasteiger partial charge is 0.335 e. The van der Waals surface area contributed by atoms with Crippen LogP contribution in [0.25, 0.3) is 6.08 Å². The van der Waals surface area contributed by atoms with E-state index in [1.807, 2.05) is 0 Å². The van der Waals surface area contributed by atoms with Gasteiger partial charge in [0.05, 0.1) is 5.56 Å². The number of carboxylic acids is 1. The molecule has 0 saturated heterocycles. The molecule has 74 valence electrons. The molecule has 3 N–H and O–H groups in total. The van der Waals surface area contributed by atoms with Gasteiger partial charge < -0.3 is 10.8 Å². The number of hydrogen-bond acceptors (Lipinski definition) is 2. The van der Waals surface area contributed by atoms with Crippen molar-refractivity contribution in [1.82, 2.24) is 0 Å². The van der Waals surface area contributed by atoms with Gasteiger partial charge in [-0.25, -0.2) is 4.79 Å². The van der Waals surface area contributed by atoms with E-state index in [0.29, 0.717) is 11.6 Å². The van der Waals surface area contributed by atoms with Crippen molar-refractivity contribution in [2.75, 3.05) is 6.54 Å². The first kappa shape index (κ1) is 10.8. The van der Waals surface area contributed by atoms with E-state index in [1.54, 1.807) is 18.2 Å². The molecule has 0 fully saturated rings. The molecular formula is C10H10ClNO2. The second-order valence-corrected chi connectivity index (χ2v) is 3.09. The lowest BCUT2D eigenvalue weighted by atomic mass is 10.1. The average molecular weight is 212 g/mol. The van der Waals surface area contributed by atoms with Gasteiger partial charge in [-0.3, -0.25) is 0 Å². The van der Waals surface area contributed by atoms with Crippen molar-refractivity contribution in [2.24, 2.45) is 5.73 Å². The maximum absolute atomic E-state index is 10.6. The van der Waals surface area contributed by atoms with E-state index in [9.17, 15) is 4.79 Å². The molecular weight excluding hydrogens is 202 g/mol. The molecule has 0 aromatic heterocycles. The molecule has 14 heavy (non-hydrogen) atoms. The molecule has 0 aliphatic carbocycles. The summed E-state index contributed by atoms with van der Waals surface area (Å²) in [4.78, 5) is 10.6. The molecule has 0 heterocycles. The topological polar surface area (TPSA) is 63.3 Å². The minimum Gasteiger partial charge on any atom is -0.478 e. The minimum atomic E-state index is -0.985. The van der Waals surface area contributed by atoms with Gasteiger partial charge in [-0.2, -0.15) is 0 Å². The quantitative estimate of drug-likeness (QED) is 0.804. The van der Waals surface area contributed by atoms with E-state index in [2.05, 4.69) is 0 Å². The molecule has 0 aliphatic rings. The number of carboxylic acid groups (broad SMARTS) is 1. The van der Waals surface area contributed by atoms with Gasteiger partial charge in [0.25, 0.3) is 0 Å². The molecule has 1 aromatic carbocycles. The van der Waals surface area contributed by atoms with Crippen LogP contribution >= 0.6 is 11.6 Å². The Bertz CT molecular complexity index is 374. The zero-order valence-corrected chi connectivity index (χ0v) is 8.16. The summed E-state index contributed by atoms with van der Waals surface area (Å²) in [6, 6.07) is 4.57. The van der Waals surface area contributed by atoms with Crippen LogP contribution in [0.4, 0.5) is 0 Å². The lowest BCUT2D eigenvalue weighted by Crippen LogP contribution is -1.96. The highest BCUT2D eigenvalue weighted by Gasteiger charge is 2.04. The van der Waals surface area contributed by atoms with E-state index in [-0.39, 0.29) is 5.56 Å². The molecule has 0 spiro atoms. The highest BCUT2D eigenvalue weighted by atomic mass is 35.5. The molecule has 1 rings (SSSR count). The average Bonchev–Trinajstić information content (AvgIpc) is 2.15. The molecule has 0 atom stereocenters. The number of nitrogens with two attached hydrogens (primary N) is 1. The lowest BCUT2D eigenvalue weighted by molar-refractivity contribution is 0.0697. The van der Waals surface area contributed by atoms with Gasteiger partial charge in [0.15, 0.2) is 0 Å². The Kier molecular flexibility index (Phi) is 3.68. The van der Waals surface area contributed by atoms with E-state index >= 15 is 0 Å². The predicted molar refractivity (Wildman–Crippen MR) is 56.5 cm³/mol. The van der Waals surface area contributed by atoms with Gasteiger partial charge >= 0.3 is 5.97 Å². The summed E-state index contributed by atoms with van der Waals surface area (Å²) in [5.74, 6) is -0.985. The molecule has 0 radical (unpaired) electrons. The Balaban J connectivity index is 3.01. The third kappa shape index (κ3) is 2.58. The summed E-state index contributed by atoms with van der Waals surface area (Å²) in [7, 11) is 0. The van der Waals surface area contributed by atoms with Crippen LogP contribution in [0.5, 0.6) is 0 Å². The Morgan fingerprint density at radius 1 is 1.57 bits per heavy atom. The van der Waals surface area contributed by atoms with E-state index < -0.39 is 5.97 Å². The monoisotopic (exact) mass is 211 g/mol. The van der Waals surface area contributed by atoms with Gasteiger partial charge in [0.2, 0.25) is 0 Å². The largest absolute Gasteiger partial charge is 0.478 e. The highest BCUT2D eigenvalue weighted by Crippen LogP contribution is 2.19. The molecule has 4 heteroatoms. The number of benzene rings is 1.